The Bertz CT molecular complexity index is 595. The molecule has 2 aromatic heterocycles. The molecule has 21 heavy (non-hydrogen) atoms. The number of hydrogen-bond acceptors (Lipinski definition) is 6. The standard InChI is InChI=1S/C15H20N4OS/c1-12-13(3-6-20-12)10-18(2)14-9-15(17-11-16-14)19-4-7-21-8-5-19/h3,6,9,11H,4-5,7-8,10H2,1-2H3. The second-order valence-electron chi connectivity index (χ2n) is 5.19. The molecule has 2 aromatic rings. The first-order valence-electron chi connectivity index (χ1n) is 7.13. The average Bonchev–Trinajstić information content (AvgIpc) is 2.93. The van der Waals surface area contributed by atoms with Gasteiger partial charge in [0.2, 0.25) is 0 Å². The van der Waals surface area contributed by atoms with Crippen molar-refractivity contribution in [3.8, 4) is 0 Å². The van der Waals surface area contributed by atoms with Gasteiger partial charge in [-0.05, 0) is 13.0 Å². The molecule has 112 valence electrons. The Labute approximate surface area is 129 Å². The first-order chi connectivity index (χ1) is 10.2. The van der Waals surface area contributed by atoms with E-state index in [-0.39, 0.29) is 0 Å². The number of rotatable bonds is 4. The zero-order valence-electron chi connectivity index (χ0n) is 12.5. The minimum absolute atomic E-state index is 0.786. The van der Waals surface area contributed by atoms with Gasteiger partial charge in [-0.3, -0.25) is 0 Å². The Kier molecular flexibility index (Phi) is 4.34. The lowest BCUT2D eigenvalue weighted by atomic mass is 10.2. The molecule has 6 heteroatoms. The maximum absolute atomic E-state index is 5.35. The van der Waals surface area contributed by atoms with Crippen LogP contribution in [0, 0.1) is 6.92 Å². The molecule has 1 saturated heterocycles. The highest BCUT2D eigenvalue weighted by atomic mass is 32.2. The van der Waals surface area contributed by atoms with Gasteiger partial charge in [-0.25, -0.2) is 9.97 Å². The Morgan fingerprint density at radius 2 is 2.14 bits per heavy atom. The molecule has 0 unspecified atom stereocenters. The third kappa shape index (κ3) is 3.32. The second kappa shape index (κ2) is 6.39. The first kappa shape index (κ1) is 14.3. The minimum Gasteiger partial charge on any atom is -0.469 e. The smallest absolute Gasteiger partial charge is 0.134 e. The summed E-state index contributed by atoms with van der Waals surface area (Å²) < 4.78 is 5.35. The number of aryl methyl sites for hydroxylation is 1. The number of aromatic nitrogens is 2. The molecular weight excluding hydrogens is 284 g/mol. The predicted octanol–water partition coefficient (Wildman–Crippen LogP) is 2.57. The monoisotopic (exact) mass is 304 g/mol. The van der Waals surface area contributed by atoms with Crippen LogP contribution in [0.1, 0.15) is 11.3 Å². The van der Waals surface area contributed by atoms with Crippen molar-refractivity contribution in [2.45, 2.75) is 13.5 Å². The Morgan fingerprint density at radius 1 is 1.33 bits per heavy atom. The lowest BCUT2D eigenvalue weighted by Crippen LogP contribution is -2.33. The molecule has 0 spiro atoms. The van der Waals surface area contributed by atoms with Crippen LogP contribution in [0.15, 0.2) is 29.1 Å². The largest absolute Gasteiger partial charge is 0.469 e. The number of thioether (sulfide) groups is 1. The summed E-state index contributed by atoms with van der Waals surface area (Å²) in [4.78, 5) is 13.3. The van der Waals surface area contributed by atoms with Gasteiger partial charge in [0.15, 0.2) is 0 Å². The molecule has 0 radical (unpaired) electrons. The van der Waals surface area contributed by atoms with Crippen LogP contribution in [0.5, 0.6) is 0 Å². The molecule has 1 aliphatic rings. The van der Waals surface area contributed by atoms with Crippen molar-refractivity contribution in [3.63, 3.8) is 0 Å². The number of furan rings is 1. The molecule has 1 fully saturated rings. The SMILES string of the molecule is Cc1occc1CN(C)c1cc(N2CCSCC2)ncn1. The van der Waals surface area contributed by atoms with Gasteiger partial charge in [0.25, 0.3) is 0 Å². The Balaban J connectivity index is 1.74. The lowest BCUT2D eigenvalue weighted by Gasteiger charge is -2.28. The van der Waals surface area contributed by atoms with E-state index in [1.165, 1.54) is 17.1 Å². The molecular formula is C15H20N4OS. The summed E-state index contributed by atoms with van der Waals surface area (Å²) >= 11 is 2.00. The van der Waals surface area contributed by atoms with Gasteiger partial charge in [0.1, 0.15) is 23.7 Å². The van der Waals surface area contributed by atoms with Gasteiger partial charge in [-0.2, -0.15) is 11.8 Å². The zero-order valence-corrected chi connectivity index (χ0v) is 13.3. The molecule has 0 bridgehead atoms. The van der Waals surface area contributed by atoms with Crippen LogP contribution in [-0.2, 0) is 6.54 Å². The van der Waals surface area contributed by atoms with E-state index in [0.717, 1.165) is 37.0 Å². The molecule has 3 heterocycles. The maximum Gasteiger partial charge on any atom is 0.134 e. The summed E-state index contributed by atoms with van der Waals surface area (Å²) in [5.41, 5.74) is 1.19. The molecule has 1 aliphatic heterocycles. The molecule has 5 nitrogen and oxygen atoms in total. The molecule has 0 atom stereocenters. The fourth-order valence-electron chi connectivity index (χ4n) is 2.42. The van der Waals surface area contributed by atoms with Crippen molar-refractivity contribution >= 4 is 23.4 Å². The van der Waals surface area contributed by atoms with E-state index in [2.05, 4.69) is 25.8 Å². The van der Waals surface area contributed by atoms with E-state index in [4.69, 9.17) is 4.42 Å². The van der Waals surface area contributed by atoms with Crippen LogP contribution in [-0.4, -0.2) is 41.6 Å². The summed E-state index contributed by atoms with van der Waals surface area (Å²) in [5.74, 6) is 5.27. The summed E-state index contributed by atoms with van der Waals surface area (Å²) in [6, 6.07) is 4.08. The molecule has 3 rings (SSSR count). The van der Waals surface area contributed by atoms with Crippen LogP contribution in [0.4, 0.5) is 11.6 Å². The third-order valence-electron chi connectivity index (χ3n) is 3.74. The highest BCUT2D eigenvalue weighted by Crippen LogP contribution is 2.22. The Hall–Kier alpha value is -1.69. The molecule has 0 aliphatic carbocycles. The van der Waals surface area contributed by atoms with Crippen molar-refractivity contribution < 1.29 is 4.42 Å². The fraction of sp³-hybridized carbons (Fsp3) is 0.467. The number of anilines is 2. The molecule has 0 N–H and O–H groups in total. The molecule has 0 aromatic carbocycles. The van der Waals surface area contributed by atoms with E-state index in [1.807, 2.05) is 31.8 Å². The van der Waals surface area contributed by atoms with Crippen LogP contribution in [0.3, 0.4) is 0 Å². The molecule has 0 amide bonds. The van der Waals surface area contributed by atoms with Gasteiger partial charge in [0, 0.05) is 49.8 Å². The van der Waals surface area contributed by atoms with Crippen molar-refractivity contribution in [2.24, 2.45) is 0 Å². The van der Waals surface area contributed by atoms with Crippen molar-refractivity contribution in [1.29, 1.82) is 0 Å². The van der Waals surface area contributed by atoms with Crippen LogP contribution in [0.25, 0.3) is 0 Å². The summed E-state index contributed by atoms with van der Waals surface area (Å²) in [6.45, 7) is 4.89. The van der Waals surface area contributed by atoms with Gasteiger partial charge < -0.3 is 14.2 Å². The third-order valence-corrected chi connectivity index (χ3v) is 4.68. The van der Waals surface area contributed by atoms with Crippen molar-refractivity contribution in [1.82, 2.24) is 9.97 Å². The maximum atomic E-state index is 5.35. The van der Waals surface area contributed by atoms with Crippen LogP contribution < -0.4 is 9.80 Å². The number of nitrogens with zero attached hydrogens (tertiary/aromatic N) is 4. The quantitative estimate of drug-likeness (QED) is 0.865. The van der Waals surface area contributed by atoms with Crippen molar-refractivity contribution in [2.75, 3.05) is 41.4 Å². The zero-order chi connectivity index (χ0) is 14.7. The first-order valence-corrected chi connectivity index (χ1v) is 8.28. The fourth-order valence-corrected chi connectivity index (χ4v) is 3.33. The second-order valence-corrected chi connectivity index (χ2v) is 6.42. The summed E-state index contributed by atoms with van der Waals surface area (Å²) in [7, 11) is 2.05. The average molecular weight is 304 g/mol. The van der Waals surface area contributed by atoms with Crippen LogP contribution in [0.2, 0.25) is 0 Å². The van der Waals surface area contributed by atoms with Crippen molar-refractivity contribution in [3.05, 3.63) is 36.0 Å². The predicted molar refractivity (Wildman–Crippen MR) is 87.1 cm³/mol. The number of hydrogen-bond donors (Lipinski definition) is 0. The van der Waals surface area contributed by atoms with Crippen LogP contribution >= 0.6 is 11.8 Å². The molecule has 0 saturated carbocycles. The Morgan fingerprint density at radius 3 is 2.86 bits per heavy atom. The summed E-state index contributed by atoms with van der Waals surface area (Å²) in [5, 5.41) is 0. The lowest BCUT2D eigenvalue weighted by molar-refractivity contribution is 0.529. The van der Waals surface area contributed by atoms with E-state index < -0.39 is 0 Å². The van der Waals surface area contributed by atoms with E-state index in [1.54, 1.807) is 12.6 Å². The van der Waals surface area contributed by atoms with Gasteiger partial charge in [-0.1, -0.05) is 0 Å². The topological polar surface area (TPSA) is 45.4 Å². The highest BCUT2D eigenvalue weighted by molar-refractivity contribution is 7.99. The minimum atomic E-state index is 0.786. The highest BCUT2D eigenvalue weighted by Gasteiger charge is 2.14. The van der Waals surface area contributed by atoms with E-state index in [9.17, 15) is 0 Å². The van der Waals surface area contributed by atoms with Gasteiger partial charge >= 0.3 is 0 Å². The van der Waals surface area contributed by atoms with E-state index in [0.29, 0.717) is 0 Å². The van der Waals surface area contributed by atoms with Gasteiger partial charge in [0.05, 0.1) is 6.26 Å². The van der Waals surface area contributed by atoms with Gasteiger partial charge in [-0.15, -0.1) is 0 Å². The normalized spacial score (nSPS) is 15.2. The van der Waals surface area contributed by atoms with E-state index >= 15 is 0 Å². The summed E-state index contributed by atoms with van der Waals surface area (Å²) in [6.07, 6.45) is 3.39.